The van der Waals surface area contributed by atoms with Gasteiger partial charge >= 0.3 is 5.97 Å². The van der Waals surface area contributed by atoms with E-state index in [4.69, 9.17) is 9.84 Å². The molecule has 6 nitrogen and oxygen atoms in total. The molecule has 1 atom stereocenters. The summed E-state index contributed by atoms with van der Waals surface area (Å²) in [6.07, 6.45) is -0.207. The summed E-state index contributed by atoms with van der Waals surface area (Å²) in [6, 6.07) is 0. The lowest BCUT2D eigenvalue weighted by atomic mass is 9.97. The van der Waals surface area contributed by atoms with Crippen molar-refractivity contribution < 1.29 is 24.2 Å². The highest BCUT2D eigenvalue weighted by Crippen LogP contribution is 2.19. The Balaban J connectivity index is 2.62. The van der Waals surface area contributed by atoms with Gasteiger partial charge in [0.1, 0.15) is 0 Å². The zero-order chi connectivity index (χ0) is 13.0. The number of aliphatic carboxylic acids is 1. The van der Waals surface area contributed by atoms with Gasteiger partial charge < -0.3 is 9.84 Å². The molecule has 2 amide bonds. The number of imide groups is 1. The molecular weight excluding hydrogens is 226 g/mol. The van der Waals surface area contributed by atoms with Crippen molar-refractivity contribution in [2.24, 2.45) is 5.92 Å². The first kappa shape index (κ1) is 13.6. The number of methoxy groups -OCH3 is 1. The van der Waals surface area contributed by atoms with Gasteiger partial charge in [-0.05, 0) is 5.92 Å². The average Bonchev–Trinajstić information content (AvgIpc) is 2.20. The van der Waals surface area contributed by atoms with Gasteiger partial charge in [-0.15, -0.1) is 0 Å². The lowest BCUT2D eigenvalue weighted by Crippen LogP contribution is -2.47. The fourth-order valence-electron chi connectivity index (χ4n) is 1.85. The maximum atomic E-state index is 11.7. The highest BCUT2D eigenvalue weighted by atomic mass is 16.5. The molecule has 0 aromatic heterocycles. The Morgan fingerprint density at radius 2 is 2.00 bits per heavy atom. The van der Waals surface area contributed by atoms with E-state index < -0.39 is 12.1 Å². The predicted molar refractivity (Wildman–Crippen MR) is 58.2 cm³/mol. The highest BCUT2D eigenvalue weighted by molar-refractivity contribution is 5.97. The van der Waals surface area contributed by atoms with Crippen LogP contribution in [0.15, 0.2) is 0 Å². The number of hydrogen-bond donors (Lipinski definition) is 1. The summed E-state index contributed by atoms with van der Waals surface area (Å²) in [5, 5.41) is 8.65. The van der Waals surface area contributed by atoms with Crippen molar-refractivity contribution in [1.29, 1.82) is 0 Å². The summed E-state index contributed by atoms with van der Waals surface area (Å²) >= 11 is 0. The van der Waals surface area contributed by atoms with Crippen molar-refractivity contribution in [3.63, 3.8) is 0 Å². The molecule has 0 bridgehead atoms. The number of carbonyl (C=O) groups excluding carboxylic acids is 2. The monoisotopic (exact) mass is 243 g/mol. The molecule has 0 aromatic rings. The first-order chi connectivity index (χ1) is 7.93. The van der Waals surface area contributed by atoms with E-state index >= 15 is 0 Å². The van der Waals surface area contributed by atoms with Crippen molar-refractivity contribution in [2.75, 3.05) is 13.7 Å². The van der Waals surface area contributed by atoms with Gasteiger partial charge in [0.15, 0.2) is 0 Å². The minimum atomic E-state index is -1.01. The van der Waals surface area contributed by atoms with Crippen molar-refractivity contribution in [3.05, 3.63) is 0 Å². The molecule has 1 saturated heterocycles. The van der Waals surface area contributed by atoms with E-state index in [-0.39, 0.29) is 30.7 Å². The molecule has 1 N–H and O–H groups in total. The maximum absolute atomic E-state index is 11.7. The van der Waals surface area contributed by atoms with Crippen LogP contribution in [0.25, 0.3) is 0 Å². The van der Waals surface area contributed by atoms with Crippen LogP contribution in [0.3, 0.4) is 0 Å². The van der Waals surface area contributed by atoms with Crippen LogP contribution in [-0.2, 0) is 19.1 Å². The number of hydrogen-bond acceptors (Lipinski definition) is 4. The Morgan fingerprint density at radius 1 is 1.47 bits per heavy atom. The average molecular weight is 243 g/mol. The van der Waals surface area contributed by atoms with Crippen LogP contribution >= 0.6 is 0 Å². The van der Waals surface area contributed by atoms with E-state index in [1.807, 2.05) is 6.92 Å². The molecule has 1 aliphatic heterocycles. The molecule has 1 unspecified atom stereocenters. The van der Waals surface area contributed by atoms with E-state index in [1.54, 1.807) is 0 Å². The second-order valence-electron chi connectivity index (χ2n) is 4.37. The molecule has 0 aromatic carbocycles. The zero-order valence-electron chi connectivity index (χ0n) is 10.0. The van der Waals surface area contributed by atoms with Gasteiger partial charge in [0.2, 0.25) is 11.8 Å². The molecule has 0 spiro atoms. The van der Waals surface area contributed by atoms with Gasteiger partial charge in [0.05, 0.1) is 19.1 Å². The second kappa shape index (κ2) is 5.77. The molecular formula is C11H17NO5. The lowest BCUT2D eigenvalue weighted by Gasteiger charge is -2.30. The van der Waals surface area contributed by atoms with Crippen LogP contribution in [0, 0.1) is 5.92 Å². The number of likely N-dealkylation sites (tertiary alicyclic amines) is 1. The summed E-state index contributed by atoms with van der Waals surface area (Å²) in [6.45, 7) is 1.87. The third kappa shape index (κ3) is 3.81. The summed E-state index contributed by atoms with van der Waals surface area (Å²) < 4.78 is 4.96. The van der Waals surface area contributed by atoms with Gasteiger partial charge in [-0.25, -0.2) is 0 Å². The van der Waals surface area contributed by atoms with E-state index in [1.165, 1.54) is 7.11 Å². The van der Waals surface area contributed by atoms with Gasteiger partial charge in [-0.3, -0.25) is 19.3 Å². The Kier molecular flexibility index (Phi) is 4.62. The number of piperidine rings is 1. The van der Waals surface area contributed by atoms with Gasteiger partial charge in [-0.2, -0.15) is 0 Å². The first-order valence-corrected chi connectivity index (χ1v) is 5.51. The molecule has 0 radical (unpaired) electrons. The third-order valence-electron chi connectivity index (χ3n) is 2.77. The molecule has 1 aliphatic rings. The van der Waals surface area contributed by atoms with E-state index in [0.717, 1.165) is 4.90 Å². The molecule has 1 heterocycles. The topological polar surface area (TPSA) is 83.9 Å². The fourth-order valence-corrected chi connectivity index (χ4v) is 1.85. The maximum Gasteiger partial charge on any atom is 0.306 e. The third-order valence-corrected chi connectivity index (χ3v) is 2.77. The largest absolute Gasteiger partial charge is 0.481 e. The molecule has 1 rings (SSSR count). The van der Waals surface area contributed by atoms with Crippen molar-refractivity contribution >= 4 is 17.8 Å². The molecule has 6 heteroatoms. The van der Waals surface area contributed by atoms with Gasteiger partial charge in [0.25, 0.3) is 0 Å². The Hall–Kier alpha value is -1.43. The molecule has 0 saturated carbocycles. The van der Waals surface area contributed by atoms with E-state index in [0.29, 0.717) is 12.8 Å². The molecule has 17 heavy (non-hydrogen) atoms. The molecule has 0 aliphatic carbocycles. The molecule has 96 valence electrons. The first-order valence-electron chi connectivity index (χ1n) is 5.51. The number of ether oxygens (including phenoxy) is 1. The SMILES string of the molecule is COC(CC(=O)O)CN1C(=O)CC(C)CC1=O. The summed E-state index contributed by atoms with van der Waals surface area (Å²) in [5.41, 5.74) is 0. The van der Waals surface area contributed by atoms with Crippen LogP contribution in [0.1, 0.15) is 26.2 Å². The van der Waals surface area contributed by atoms with Gasteiger partial charge in [-0.1, -0.05) is 6.92 Å². The number of amides is 2. The summed E-state index contributed by atoms with van der Waals surface area (Å²) in [7, 11) is 1.37. The fraction of sp³-hybridized carbons (Fsp3) is 0.727. The number of carboxylic acids is 1. The lowest BCUT2D eigenvalue weighted by molar-refractivity contribution is -0.153. The van der Waals surface area contributed by atoms with Crippen LogP contribution < -0.4 is 0 Å². The standard InChI is InChI=1S/C11H17NO5/c1-7-3-9(13)12(10(14)4-7)6-8(17-2)5-11(15)16/h7-8H,3-6H2,1-2H3,(H,15,16). The van der Waals surface area contributed by atoms with Crippen LogP contribution in [0.5, 0.6) is 0 Å². The van der Waals surface area contributed by atoms with Crippen molar-refractivity contribution in [1.82, 2.24) is 4.90 Å². The summed E-state index contributed by atoms with van der Waals surface area (Å²) in [5.74, 6) is -1.45. The minimum Gasteiger partial charge on any atom is -0.481 e. The van der Waals surface area contributed by atoms with E-state index in [9.17, 15) is 14.4 Å². The minimum absolute atomic E-state index is 0.0210. The number of nitrogens with zero attached hydrogens (tertiary/aromatic N) is 1. The highest BCUT2D eigenvalue weighted by Gasteiger charge is 2.32. The predicted octanol–water partition coefficient (Wildman–Crippen LogP) is 0.261. The number of rotatable bonds is 5. The van der Waals surface area contributed by atoms with Crippen LogP contribution in [0.2, 0.25) is 0 Å². The number of carboxylic acid groups (broad SMARTS) is 1. The van der Waals surface area contributed by atoms with Crippen LogP contribution in [-0.4, -0.2) is 47.5 Å². The van der Waals surface area contributed by atoms with Gasteiger partial charge in [0, 0.05) is 20.0 Å². The van der Waals surface area contributed by atoms with E-state index in [2.05, 4.69) is 0 Å². The Labute approximate surface area is 99.5 Å². The molecule has 1 fully saturated rings. The second-order valence-corrected chi connectivity index (χ2v) is 4.37. The summed E-state index contributed by atoms with van der Waals surface area (Å²) in [4.78, 5) is 35.0. The quantitative estimate of drug-likeness (QED) is 0.700. The smallest absolute Gasteiger partial charge is 0.306 e. The number of carbonyl (C=O) groups is 3. The van der Waals surface area contributed by atoms with Crippen molar-refractivity contribution in [2.45, 2.75) is 32.3 Å². The van der Waals surface area contributed by atoms with Crippen molar-refractivity contribution in [3.8, 4) is 0 Å². The Morgan fingerprint density at radius 3 is 2.41 bits per heavy atom. The Bertz CT molecular complexity index is 310. The zero-order valence-corrected chi connectivity index (χ0v) is 10.0. The van der Waals surface area contributed by atoms with Crippen LogP contribution in [0.4, 0.5) is 0 Å². The normalized spacial score (nSPS) is 19.5.